The summed E-state index contributed by atoms with van der Waals surface area (Å²) in [6.45, 7) is 4.24. The molecule has 1 unspecified atom stereocenters. The van der Waals surface area contributed by atoms with Crippen LogP contribution in [-0.4, -0.2) is 40.5 Å². The van der Waals surface area contributed by atoms with Crippen LogP contribution in [0.2, 0.25) is 0 Å². The molecular formula is C17H24N4O3. The predicted molar refractivity (Wildman–Crippen MR) is 89.6 cm³/mol. The van der Waals surface area contributed by atoms with Gasteiger partial charge in [0.25, 0.3) is 0 Å². The highest BCUT2D eigenvalue weighted by Gasteiger charge is 2.13. The minimum absolute atomic E-state index is 0.121. The maximum atomic E-state index is 11.9. The Morgan fingerprint density at radius 2 is 2.04 bits per heavy atom. The van der Waals surface area contributed by atoms with E-state index in [1.165, 1.54) is 0 Å². The smallest absolute Gasteiger partial charge is 0.315 e. The number of carbonyl (C=O) groups excluding carboxylic acids is 1. The van der Waals surface area contributed by atoms with E-state index in [0.29, 0.717) is 31.1 Å². The molecule has 0 aliphatic heterocycles. The Hall–Kier alpha value is -2.41. The molecule has 0 aliphatic rings. The van der Waals surface area contributed by atoms with Crippen molar-refractivity contribution in [3.8, 4) is 0 Å². The molecule has 0 saturated heterocycles. The molecule has 7 nitrogen and oxygen atoms in total. The van der Waals surface area contributed by atoms with Gasteiger partial charge >= 0.3 is 6.03 Å². The summed E-state index contributed by atoms with van der Waals surface area (Å²) < 4.78 is 5.12. The van der Waals surface area contributed by atoms with Crippen LogP contribution in [0, 0.1) is 0 Å². The lowest BCUT2D eigenvalue weighted by atomic mass is 10.1. The topological polar surface area (TPSA) is 100 Å². The Morgan fingerprint density at radius 1 is 1.29 bits per heavy atom. The second-order valence-corrected chi connectivity index (χ2v) is 5.92. The first-order chi connectivity index (χ1) is 11.6. The molecule has 0 aliphatic carbocycles. The molecule has 2 amide bonds. The van der Waals surface area contributed by atoms with Gasteiger partial charge in [0, 0.05) is 18.9 Å². The molecule has 1 aromatic heterocycles. The summed E-state index contributed by atoms with van der Waals surface area (Å²) in [6.07, 6.45) is 1.04. The summed E-state index contributed by atoms with van der Waals surface area (Å²) in [5, 5.41) is 18.8. The first-order valence-electron chi connectivity index (χ1n) is 8.10. The van der Waals surface area contributed by atoms with Crippen LogP contribution < -0.4 is 10.6 Å². The van der Waals surface area contributed by atoms with Crippen molar-refractivity contribution in [2.75, 3.05) is 13.2 Å². The summed E-state index contributed by atoms with van der Waals surface area (Å²) in [5.41, 5.74) is 1.06. The second-order valence-electron chi connectivity index (χ2n) is 5.92. The Morgan fingerprint density at radius 3 is 2.67 bits per heavy atom. The highest BCUT2D eigenvalue weighted by atomic mass is 16.5. The third kappa shape index (κ3) is 5.66. The number of rotatable bonds is 8. The zero-order chi connectivity index (χ0) is 17.4. The molecule has 7 heteroatoms. The van der Waals surface area contributed by atoms with Crippen LogP contribution in [0.3, 0.4) is 0 Å². The molecule has 1 aromatic carbocycles. The average molecular weight is 332 g/mol. The van der Waals surface area contributed by atoms with E-state index in [2.05, 4.69) is 20.8 Å². The van der Waals surface area contributed by atoms with Crippen LogP contribution in [0.25, 0.3) is 0 Å². The van der Waals surface area contributed by atoms with E-state index < -0.39 is 0 Å². The summed E-state index contributed by atoms with van der Waals surface area (Å²) in [7, 11) is 0. The SMILES string of the molecule is CC(C)c1noc(CCNC(=O)NC(CO)Cc2ccccc2)n1. The fraction of sp³-hybridized carbons (Fsp3) is 0.471. The lowest BCUT2D eigenvalue weighted by Gasteiger charge is -2.16. The standard InChI is InChI=1S/C17H24N4O3/c1-12(2)16-20-15(24-21-16)8-9-18-17(23)19-14(11-22)10-13-6-4-3-5-7-13/h3-7,12,14,22H,8-11H2,1-2H3,(H2,18,19,23). The number of nitrogens with zero attached hydrogens (tertiary/aromatic N) is 2. The van der Waals surface area contributed by atoms with Crippen LogP contribution in [0.5, 0.6) is 0 Å². The summed E-state index contributed by atoms with van der Waals surface area (Å²) in [6, 6.07) is 9.06. The van der Waals surface area contributed by atoms with Crippen LogP contribution in [-0.2, 0) is 12.8 Å². The van der Waals surface area contributed by atoms with Gasteiger partial charge in [0.15, 0.2) is 5.82 Å². The quantitative estimate of drug-likeness (QED) is 0.682. The van der Waals surface area contributed by atoms with E-state index in [1.807, 2.05) is 44.2 Å². The fourth-order valence-corrected chi connectivity index (χ4v) is 2.18. The van der Waals surface area contributed by atoms with Crippen molar-refractivity contribution < 1.29 is 14.4 Å². The second kappa shape index (κ2) is 9.02. The van der Waals surface area contributed by atoms with Crippen molar-refractivity contribution in [3.05, 3.63) is 47.6 Å². The summed E-state index contributed by atoms with van der Waals surface area (Å²) in [4.78, 5) is 16.2. The number of nitrogens with one attached hydrogen (secondary N) is 2. The van der Waals surface area contributed by atoms with Gasteiger partial charge in [-0.3, -0.25) is 0 Å². The number of aliphatic hydroxyl groups is 1. The molecule has 24 heavy (non-hydrogen) atoms. The number of aliphatic hydroxyl groups excluding tert-OH is 1. The molecule has 0 bridgehead atoms. The van der Waals surface area contributed by atoms with Crippen LogP contribution in [0.15, 0.2) is 34.9 Å². The molecule has 3 N–H and O–H groups in total. The Labute approximate surface area is 141 Å². The van der Waals surface area contributed by atoms with Gasteiger partial charge in [-0.15, -0.1) is 0 Å². The van der Waals surface area contributed by atoms with E-state index in [9.17, 15) is 9.90 Å². The minimum atomic E-state index is -0.330. The molecule has 0 spiro atoms. The predicted octanol–water partition coefficient (Wildman–Crippen LogP) is 1.64. The number of urea groups is 1. The highest BCUT2D eigenvalue weighted by Crippen LogP contribution is 2.09. The lowest BCUT2D eigenvalue weighted by molar-refractivity contribution is 0.215. The highest BCUT2D eigenvalue weighted by molar-refractivity contribution is 5.74. The van der Waals surface area contributed by atoms with Gasteiger partial charge in [-0.05, 0) is 12.0 Å². The normalized spacial score (nSPS) is 12.2. The van der Waals surface area contributed by atoms with Gasteiger partial charge in [-0.25, -0.2) is 4.79 Å². The number of amides is 2. The lowest BCUT2D eigenvalue weighted by Crippen LogP contribution is -2.45. The molecule has 1 atom stereocenters. The first-order valence-corrected chi connectivity index (χ1v) is 8.10. The maximum absolute atomic E-state index is 11.9. The van der Waals surface area contributed by atoms with Gasteiger partial charge in [0.05, 0.1) is 12.6 Å². The third-order valence-corrected chi connectivity index (χ3v) is 3.51. The van der Waals surface area contributed by atoms with Crippen LogP contribution in [0.1, 0.15) is 37.0 Å². The van der Waals surface area contributed by atoms with E-state index in [4.69, 9.17) is 4.52 Å². The van der Waals surface area contributed by atoms with Gasteiger partial charge in [0.1, 0.15) is 0 Å². The van der Waals surface area contributed by atoms with Gasteiger partial charge in [-0.2, -0.15) is 4.98 Å². The number of benzene rings is 1. The molecule has 0 saturated carbocycles. The Bertz CT molecular complexity index is 628. The molecule has 130 valence electrons. The number of carbonyl (C=O) groups is 1. The average Bonchev–Trinajstić information content (AvgIpc) is 3.04. The zero-order valence-electron chi connectivity index (χ0n) is 14.0. The number of hydrogen-bond acceptors (Lipinski definition) is 5. The monoisotopic (exact) mass is 332 g/mol. The Kier molecular flexibility index (Phi) is 6.74. The largest absolute Gasteiger partial charge is 0.394 e. The molecular weight excluding hydrogens is 308 g/mol. The van der Waals surface area contributed by atoms with E-state index in [1.54, 1.807) is 0 Å². The van der Waals surface area contributed by atoms with Gasteiger partial charge < -0.3 is 20.3 Å². The van der Waals surface area contributed by atoms with Crippen LogP contribution in [0.4, 0.5) is 4.79 Å². The van der Waals surface area contributed by atoms with Gasteiger partial charge in [-0.1, -0.05) is 49.3 Å². The maximum Gasteiger partial charge on any atom is 0.315 e. The summed E-state index contributed by atoms with van der Waals surface area (Å²) in [5.74, 6) is 1.38. The number of hydrogen-bond donors (Lipinski definition) is 3. The molecule has 2 aromatic rings. The van der Waals surface area contributed by atoms with Crippen molar-refractivity contribution in [3.63, 3.8) is 0 Å². The number of aromatic nitrogens is 2. The van der Waals surface area contributed by atoms with E-state index in [0.717, 1.165) is 5.56 Å². The van der Waals surface area contributed by atoms with Crippen molar-refractivity contribution in [2.24, 2.45) is 0 Å². The third-order valence-electron chi connectivity index (χ3n) is 3.51. The molecule has 0 fully saturated rings. The van der Waals surface area contributed by atoms with Crippen molar-refractivity contribution >= 4 is 6.03 Å². The van der Waals surface area contributed by atoms with Crippen molar-refractivity contribution in [1.29, 1.82) is 0 Å². The van der Waals surface area contributed by atoms with E-state index >= 15 is 0 Å². The van der Waals surface area contributed by atoms with Crippen molar-refractivity contribution in [2.45, 2.75) is 38.6 Å². The Balaban J connectivity index is 1.73. The van der Waals surface area contributed by atoms with E-state index in [-0.39, 0.29) is 24.6 Å². The molecule has 1 heterocycles. The molecule has 0 radical (unpaired) electrons. The van der Waals surface area contributed by atoms with Crippen LogP contribution >= 0.6 is 0 Å². The van der Waals surface area contributed by atoms with Crippen molar-refractivity contribution in [1.82, 2.24) is 20.8 Å². The zero-order valence-corrected chi connectivity index (χ0v) is 14.0. The minimum Gasteiger partial charge on any atom is -0.394 e. The van der Waals surface area contributed by atoms with Gasteiger partial charge in [0.2, 0.25) is 5.89 Å². The summed E-state index contributed by atoms with van der Waals surface area (Å²) >= 11 is 0. The fourth-order valence-electron chi connectivity index (χ4n) is 2.18. The molecule has 2 rings (SSSR count). The first kappa shape index (κ1) is 17.9.